The van der Waals surface area contributed by atoms with E-state index in [2.05, 4.69) is 0 Å². The van der Waals surface area contributed by atoms with E-state index >= 15 is 0 Å². The quantitative estimate of drug-likeness (QED) is 0.475. The van der Waals surface area contributed by atoms with Crippen molar-refractivity contribution in [2.45, 2.75) is 13.8 Å². The van der Waals surface area contributed by atoms with Gasteiger partial charge in [0, 0.05) is 13.6 Å². The molecule has 0 bridgehead atoms. The van der Waals surface area contributed by atoms with E-state index in [1.807, 2.05) is 0 Å². The molecule has 20 heavy (non-hydrogen) atoms. The number of carbonyl (C=O) groups excluding carboxylic acids is 4. The highest BCUT2D eigenvalue weighted by Crippen LogP contribution is 2.08. The Labute approximate surface area is 117 Å². The molecule has 4 amide bonds. The first kappa shape index (κ1) is 15.9. The van der Waals surface area contributed by atoms with Gasteiger partial charge in [-0.05, 0) is 13.8 Å². The topological polar surface area (TPSA) is 87.2 Å². The Hall–Kier alpha value is -2.12. The van der Waals surface area contributed by atoms with Crippen LogP contribution >= 0.6 is 0 Å². The summed E-state index contributed by atoms with van der Waals surface area (Å²) in [6.45, 7) is 3.34. The molecule has 0 aromatic carbocycles. The summed E-state index contributed by atoms with van der Waals surface area (Å²) >= 11 is 0. The van der Waals surface area contributed by atoms with Crippen molar-refractivity contribution in [3.8, 4) is 0 Å². The Bertz CT molecular complexity index is 423. The van der Waals surface area contributed by atoms with Crippen molar-refractivity contribution in [1.82, 2.24) is 14.7 Å². The standard InChI is InChI=1S/C12H19N3O5/c1-4-14(8-11(18)20-5-2)9(16)7-15-10(17)6-13(3)12(15)19/h4-8H2,1-3H3. The van der Waals surface area contributed by atoms with Crippen LogP contribution in [0.25, 0.3) is 0 Å². The van der Waals surface area contributed by atoms with E-state index in [9.17, 15) is 19.2 Å². The first-order valence-corrected chi connectivity index (χ1v) is 6.39. The van der Waals surface area contributed by atoms with E-state index in [0.29, 0.717) is 6.54 Å². The summed E-state index contributed by atoms with van der Waals surface area (Å²) in [7, 11) is 1.49. The molecule has 0 aromatic rings. The fraction of sp³-hybridized carbons (Fsp3) is 0.667. The van der Waals surface area contributed by atoms with Gasteiger partial charge in [-0.25, -0.2) is 4.79 Å². The summed E-state index contributed by atoms with van der Waals surface area (Å²) in [5, 5.41) is 0. The van der Waals surface area contributed by atoms with Gasteiger partial charge in [-0.15, -0.1) is 0 Å². The molecular formula is C12H19N3O5. The number of nitrogens with zero attached hydrogens (tertiary/aromatic N) is 3. The van der Waals surface area contributed by atoms with E-state index in [1.54, 1.807) is 13.8 Å². The number of likely N-dealkylation sites (N-methyl/N-ethyl adjacent to an activating group) is 2. The normalized spacial score (nSPS) is 14.8. The maximum absolute atomic E-state index is 12.0. The molecule has 1 rings (SSSR count). The molecule has 0 atom stereocenters. The molecule has 1 aliphatic rings. The zero-order chi connectivity index (χ0) is 15.3. The maximum Gasteiger partial charge on any atom is 0.327 e. The van der Waals surface area contributed by atoms with Gasteiger partial charge in [0.2, 0.25) is 5.91 Å². The van der Waals surface area contributed by atoms with Gasteiger partial charge >= 0.3 is 12.0 Å². The Morgan fingerprint density at radius 3 is 2.40 bits per heavy atom. The van der Waals surface area contributed by atoms with E-state index in [-0.39, 0.29) is 26.2 Å². The number of hydrogen-bond donors (Lipinski definition) is 0. The minimum atomic E-state index is -0.515. The number of amides is 4. The second-order valence-corrected chi connectivity index (χ2v) is 4.33. The van der Waals surface area contributed by atoms with Gasteiger partial charge < -0.3 is 14.5 Å². The third-order valence-electron chi connectivity index (χ3n) is 2.88. The van der Waals surface area contributed by atoms with Gasteiger partial charge in [-0.3, -0.25) is 19.3 Å². The van der Waals surface area contributed by atoms with Crippen molar-refractivity contribution in [3.05, 3.63) is 0 Å². The smallest absolute Gasteiger partial charge is 0.327 e. The van der Waals surface area contributed by atoms with Crippen LogP contribution in [0.1, 0.15) is 13.8 Å². The second-order valence-electron chi connectivity index (χ2n) is 4.33. The van der Waals surface area contributed by atoms with Crippen LogP contribution in [0.5, 0.6) is 0 Å². The summed E-state index contributed by atoms with van der Waals surface area (Å²) in [5.41, 5.74) is 0. The molecule has 1 fully saturated rings. The largest absolute Gasteiger partial charge is 0.465 e. The van der Waals surface area contributed by atoms with Crippen molar-refractivity contribution >= 4 is 23.8 Å². The highest BCUT2D eigenvalue weighted by molar-refractivity contribution is 6.04. The minimum absolute atomic E-state index is 0.0316. The molecule has 0 unspecified atom stereocenters. The first-order chi connectivity index (χ1) is 9.40. The van der Waals surface area contributed by atoms with Crippen LogP contribution in [0.4, 0.5) is 4.79 Å². The molecule has 0 aliphatic carbocycles. The molecule has 0 spiro atoms. The molecule has 0 radical (unpaired) electrons. The summed E-state index contributed by atoms with van der Waals surface area (Å²) in [4.78, 5) is 50.0. The third kappa shape index (κ3) is 3.69. The van der Waals surface area contributed by atoms with Crippen molar-refractivity contribution in [1.29, 1.82) is 0 Å². The third-order valence-corrected chi connectivity index (χ3v) is 2.88. The predicted molar refractivity (Wildman–Crippen MR) is 68.6 cm³/mol. The number of ether oxygens (including phenoxy) is 1. The lowest BCUT2D eigenvalue weighted by Gasteiger charge is -2.22. The first-order valence-electron chi connectivity index (χ1n) is 6.39. The molecule has 0 saturated carbocycles. The van der Waals surface area contributed by atoms with Crippen LogP contribution in [0.3, 0.4) is 0 Å². The molecule has 8 nitrogen and oxygen atoms in total. The average Bonchev–Trinajstić information content (AvgIpc) is 2.62. The van der Waals surface area contributed by atoms with Crippen molar-refractivity contribution in [2.75, 3.05) is 39.8 Å². The average molecular weight is 285 g/mol. The number of imide groups is 1. The Morgan fingerprint density at radius 2 is 1.95 bits per heavy atom. The zero-order valence-corrected chi connectivity index (χ0v) is 11.9. The van der Waals surface area contributed by atoms with Crippen molar-refractivity contribution < 1.29 is 23.9 Å². The lowest BCUT2D eigenvalue weighted by molar-refractivity contribution is -0.149. The molecule has 1 heterocycles. The summed E-state index contributed by atoms with van der Waals surface area (Å²) in [6.07, 6.45) is 0. The highest BCUT2D eigenvalue weighted by Gasteiger charge is 2.35. The highest BCUT2D eigenvalue weighted by atomic mass is 16.5. The minimum Gasteiger partial charge on any atom is -0.465 e. The SMILES string of the molecule is CCOC(=O)CN(CC)C(=O)CN1C(=O)CN(C)C1=O. The lowest BCUT2D eigenvalue weighted by atomic mass is 10.4. The monoisotopic (exact) mass is 285 g/mol. The predicted octanol–water partition coefficient (Wildman–Crippen LogP) is -0.708. The van der Waals surface area contributed by atoms with Gasteiger partial charge in [0.1, 0.15) is 19.6 Å². The van der Waals surface area contributed by atoms with E-state index in [1.165, 1.54) is 16.8 Å². The Kier molecular flexibility index (Phi) is 5.48. The Morgan fingerprint density at radius 1 is 1.30 bits per heavy atom. The summed E-state index contributed by atoms with van der Waals surface area (Å²) in [5.74, 6) is -1.39. The van der Waals surface area contributed by atoms with Crippen LogP contribution in [0.2, 0.25) is 0 Å². The van der Waals surface area contributed by atoms with Gasteiger partial charge in [0.15, 0.2) is 0 Å². The molecule has 8 heteroatoms. The van der Waals surface area contributed by atoms with Gasteiger partial charge in [-0.2, -0.15) is 0 Å². The fourth-order valence-electron chi connectivity index (χ4n) is 1.80. The molecule has 0 N–H and O–H groups in total. The number of rotatable bonds is 6. The molecule has 1 aliphatic heterocycles. The van der Waals surface area contributed by atoms with E-state index in [4.69, 9.17) is 4.74 Å². The number of urea groups is 1. The van der Waals surface area contributed by atoms with Gasteiger partial charge in [0.05, 0.1) is 6.61 Å². The van der Waals surface area contributed by atoms with Crippen LogP contribution in [0.15, 0.2) is 0 Å². The summed E-state index contributed by atoms with van der Waals surface area (Å²) < 4.78 is 4.77. The van der Waals surface area contributed by atoms with Crippen LogP contribution < -0.4 is 0 Å². The maximum atomic E-state index is 12.0. The molecular weight excluding hydrogens is 266 g/mol. The zero-order valence-electron chi connectivity index (χ0n) is 11.9. The molecule has 1 saturated heterocycles. The Balaban J connectivity index is 2.61. The molecule has 112 valence electrons. The number of carbonyl (C=O) groups is 4. The molecule has 0 aromatic heterocycles. The van der Waals surface area contributed by atoms with Crippen LogP contribution in [-0.2, 0) is 19.1 Å². The van der Waals surface area contributed by atoms with E-state index < -0.39 is 23.8 Å². The van der Waals surface area contributed by atoms with Gasteiger partial charge in [0.25, 0.3) is 5.91 Å². The van der Waals surface area contributed by atoms with Crippen LogP contribution in [-0.4, -0.2) is 78.3 Å². The number of esters is 1. The van der Waals surface area contributed by atoms with Gasteiger partial charge in [-0.1, -0.05) is 0 Å². The summed E-state index contributed by atoms with van der Waals surface area (Å²) in [6, 6.07) is -0.504. The fourth-order valence-corrected chi connectivity index (χ4v) is 1.80. The lowest BCUT2D eigenvalue weighted by Crippen LogP contribution is -2.45. The van der Waals surface area contributed by atoms with Crippen LogP contribution in [0, 0.1) is 0 Å². The van der Waals surface area contributed by atoms with Crippen molar-refractivity contribution in [3.63, 3.8) is 0 Å². The van der Waals surface area contributed by atoms with Crippen molar-refractivity contribution in [2.24, 2.45) is 0 Å². The number of hydrogen-bond acceptors (Lipinski definition) is 5. The van der Waals surface area contributed by atoms with E-state index in [0.717, 1.165) is 4.90 Å². The second kappa shape index (κ2) is 6.88.